The third kappa shape index (κ3) is 2.79. The lowest BCUT2D eigenvalue weighted by Gasteiger charge is -2.12. The van der Waals surface area contributed by atoms with Crippen LogP contribution in [0.15, 0.2) is 29.1 Å². The Balaban J connectivity index is 2.58. The van der Waals surface area contributed by atoms with Crippen molar-refractivity contribution in [2.45, 2.75) is 6.92 Å². The highest BCUT2D eigenvalue weighted by Crippen LogP contribution is 2.29. The second-order valence-corrected chi connectivity index (χ2v) is 4.52. The average Bonchev–Trinajstić information content (AvgIpc) is 2.44. The van der Waals surface area contributed by atoms with Gasteiger partial charge in [-0.3, -0.25) is 4.79 Å². The molecule has 2 aromatic rings. The number of halogens is 2. The van der Waals surface area contributed by atoms with E-state index in [2.05, 4.69) is 5.92 Å². The molecule has 0 saturated heterocycles. The quantitative estimate of drug-likeness (QED) is 0.813. The van der Waals surface area contributed by atoms with Gasteiger partial charge in [-0.25, -0.2) is 8.78 Å². The Labute approximate surface area is 120 Å². The molecule has 0 aliphatic carbocycles. The van der Waals surface area contributed by atoms with E-state index in [0.29, 0.717) is 5.56 Å². The van der Waals surface area contributed by atoms with E-state index < -0.39 is 11.6 Å². The smallest absolute Gasteiger partial charge is 0.253 e. The first-order valence-corrected chi connectivity index (χ1v) is 6.18. The second kappa shape index (κ2) is 5.80. The summed E-state index contributed by atoms with van der Waals surface area (Å²) < 4.78 is 34.5. The summed E-state index contributed by atoms with van der Waals surface area (Å²) in [7, 11) is 1.46. The lowest BCUT2D eigenvalue weighted by molar-refractivity contribution is 0.365. The predicted octanol–water partition coefficient (Wildman–Crippen LogP) is 2.65. The number of benzene rings is 1. The zero-order chi connectivity index (χ0) is 15.6. The van der Waals surface area contributed by atoms with Gasteiger partial charge < -0.3 is 9.30 Å². The van der Waals surface area contributed by atoms with Crippen molar-refractivity contribution >= 4 is 0 Å². The van der Waals surface area contributed by atoms with Crippen LogP contribution in [-0.2, 0) is 7.05 Å². The Morgan fingerprint density at radius 1 is 1.29 bits per heavy atom. The van der Waals surface area contributed by atoms with E-state index in [1.807, 2.05) is 0 Å². The second-order valence-electron chi connectivity index (χ2n) is 4.52. The van der Waals surface area contributed by atoms with Crippen LogP contribution in [0.4, 0.5) is 8.78 Å². The van der Waals surface area contributed by atoms with Crippen molar-refractivity contribution in [1.82, 2.24) is 4.57 Å². The number of pyridine rings is 1. The van der Waals surface area contributed by atoms with E-state index in [-0.39, 0.29) is 29.2 Å². The van der Waals surface area contributed by atoms with Crippen LogP contribution in [0, 0.1) is 30.9 Å². The highest BCUT2D eigenvalue weighted by atomic mass is 19.1. The minimum Gasteiger partial charge on any atom is -0.481 e. The molecular formula is C16H13F2NO2. The molecule has 0 amide bonds. The summed E-state index contributed by atoms with van der Waals surface area (Å²) in [6, 6.07) is 5.11. The van der Waals surface area contributed by atoms with Gasteiger partial charge in [0.25, 0.3) is 5.56 Å². The maximum atomic E-state index is 14.1. The van der Waals surface area contributed by atoms with Gasteiger partial charge in [0.1, 0.15) is 24.0 Å². The molecule has 0 fully saturated rings. The van der Waals surface area contributed by atoms with Gasteiger partial charge in [-0.1, -0.05) is 12.0 Å². The summed E-state index contributed by atoms with van der Waals surface area (Å²) in [5.41, 5.74) is 0.0711. The van der Waals surface area contributed by atoms with Crippen LogP contribution in [0.3, 0.4) is 0 Å². The molecule has 0 aliphatic rings. The number of nitrogens with zero attached hydrogens (tertiary/aromatic N) is 1. The minimum atomic E-state index is -0.819. The third-order valence-corrected chi connectivity index (χ3v) is 3.09. The molecule has 1 aromatic carbocycles. The molecule has 0 aliphatic heterocycles. The summed E-state index contributed by atoms with van der Waals surface area (Å²) in [4.78, 5) is 11.9. The summed E-state index contributed by atoms with van der Waals surface area (Å²) in [5.74, 6) is 0.578. The normalized spacial score (nSPS) is 10.2. The summed E-state index contributed by atoms with van der Waals surface area (Å²) in [5, 5.41) is 0. The molecule has 5 heteroatoms. The summed E-state index contributed by atoms with van der Waals surface area (Å²) in [6.07, 6.45) is 5.02. The number of ether oxygens (including phenoxy) is 1. The molecule has 0 saturated carbocycles. The van der Waals surface area contributed by atoms with Gasteiger partial charge in [0.2, 0.25) is 0 Å². The maximum Gasteiger partial charge on any atom is 0.253 e. The molecule has 0 bridgehead atoms. The lowest BCUT2D eigenvalue weighted by Crippen LogP contribution is -2.20. The first kappa shape index (κ1) is 14.8. The van der Waals surface area contributed by atoms with E-state index in [0.717, 1.165) is 12.1 Å². The number of aromatic nitrogens is 1. The van der Waals surface area contributed by atoms with Crippen LogP contribution in [0.5, 0.6) is 5.75 Å². The molecule has 1 heterocycles. The average molecular weight is 289 g/mol. The van der Waals surface area contributed by atoms with E-state index in [4.69, 9.17) is 11.2 Å². The van der Waals surface area contributed by atoms with Crippen molar-refractivity contribution in [1.29, 1.82) is 0 Å². The van der Waals surface area contributed by atoms with Crippen molar-refractivity contribution in [3.8, 4) is 29.4 Å². The van der Waals surface area contributed by atoms with Crippen molar-refractivity contribution in [2.75, 3.05) is 6.61 Å². The van der Waals surface area contributed by atoms with Gasteiger partial charge in [0, 0.05) is 24.7 Å². The topological polar surface area (TPSA) is 31.2 Å². The molecule has 2 rings (SSSR count). The van der Waals surface area contributed by atoms with Gasteiger partial charge in [-0.05, 0) is 13.0 Å². The number of hydrogen-bond acceptors (Lipinski definition) is 2. The Morgan fingerprint density at radius 2 is 1.90 bits per heavy atom. The van der Waals surface area contributed by atoms with Crippen LogP contribution in [0.25, 0.3) is 11.3 Å². The van der Waals surface area contributed by atoms with Crippen molar-refractivity contribution in [2.24, 2.45) is 7.05 Å². The minimum absolute atomic E-state index is 0.00353. The summed E-state index contributed by atoms with van der Waals surface area (Å²) in [6.45, 7) is 1.55. The Morgan fingerprint density at radius 3 is 2.48 bits per heavy atom. The Kier molecular flexibility index (Phi) is 4.08. The number of rotatable bonds is 3. The molecule has 1 aromatic heterocycles. The monoisotopic (exact) mass is 289 g/mol. The molecule has 0 atom stereocenters. The van der Waals surface area contributed by atoms with E-state index >= 15 is 0 Å². The molecule has 0 N–H and O–H groups in total. The number of hydrogen-bond donors (Lipinski definition) is 0. The summed E-state index contributed by atoms with van der Waals surface area (Å²) >= 11 is 0. The standard InChI is InChI=1S/C16H13F2NO2/c1-4-7-21-11-8-12(17)15(13(18)9-11)14-6-5-10(2)16(20)19(14)3/h1,5-6,8-9H,7H2,2-3H3. The zero-order valence-electron chi connectivity index (χ0n) is 11.6. The van der Waals surface area contributed by atoms with Gasteiger partial charge >= 0.3 is 0 Å². The van der Waals surface area contributed by atoms with Crippen LogP contribution in [0.2, 0.25) is 0 Å². The van der Waals surface area contributed by atoms with Crippen molar-refractivity contribution < 1.29 is 13.5 Å². The Bertz CT molecular complexity index is 765. The van der Waals surface area contributed by atoms with Crippen LogP contribution < -0.4 is 10.3 Å². The van der Waals surface area contributed by atoms with Gasteiger partial charge in [0.15, 0.2) is 0 Å². The van der Waals surface area contributed by atoms with Crippen LogP contribution in [-0.4, -0.2) is 11.2 Å². The molecular weight excluding hydrogens is 276 g/mol. The van der Waals surface area contributed by atoms with Crippen LogP contribution >= 0.6 is 0 Å². The van der Waals surface area contributed by atoms with Gasteiger partial charge in [-0.2, -0.15) is 0 Å². The predicted molar refractivity (Wildman–Crippen MR) is 76.1 cm³/mol. The van der Waals surface area contributed by atoms with Gasteiger partial charge in [-0.15, -0.1) is 6.42 Å². The molecule has 108 valence electrons. The zero-order valence-corrected chi connectivity index (χ0v) is 11.6. The molecule has 0 spiro atoms. The lowest BCUT2D eigenvalue weighted by atomic mass is 10.1. The first-order valence-electron chi connectivity index (χ1n) is 6.18. The molecule has 0 unspecified atom stereocenters. The van der Waals surface area contributed by atoms with E-state index in [1.54, 1.807) is 6.92 Å². The molecule has 3 nitrogen and oxygen atoms in total. The first-order chi connectivity index (χ1) is 9.95. The van der Waals surface area contributed by atoms with Crippen molar-refractivity contribution in [3.05, 3.63) is 51.8 Å². The fraction of sp³-hybridized carbons (Fsp3) is 0.188. The van der Waals surface area contributed by atoms with E-state index in [1.165, 1.54) is 23.7 Å². The fourth-order valence-electron chi connectivity index (χ4n) is 2.01. The Hall–Kier alpha value is -2.61. The maximum absolute atomic E-state index is 14.1. The third-order valence-electron chi connectivity index (χ3n) is 3.09. The number of terminal acetylenes is 1. The molecule has 0 radical (unpaired) electrons. The van der Waals surface area contributed by atoms with Gasteiger partial charge in [0.05, 0.1) is 11.3 Å². The van der Waals surface area contributed by atoms with Crippen molar-refractivity contribution in [3.63, 3.8) is 0 Å². The fourth-order valence-corrected chi connectivity index (χ4v) is 2.01. The SMILES string of the molecule is C#CCOc1cc(F)c(-c2ccc(C)c(=O)n2C)c(F)c1. The number of aryl methyl sites for hydroxylation is 1. The largest absolute Gasteiger partial charge is 0.481 e. The highest BCUT2D eigenvalue weighted by molar-refractivity contribution is 5.62. The van der Waals surface area contributed by atoms with E-state index in [9.17, 15) is 13.6 Å². The molecule has 21 heavy (non-hydrogen) atoms. The highest BCUT2D eigenvalue weighted by Gasteiger charge is 2.17. The van der Waals surface area contributed by atoms with Crippen LogP contribution in [0.1, 0.15) is 5.56 Å².